The minimum Gasteiger partial charge on any atom is -0.335 e. The van der Waals surface area contributed by atoms with E-state index in [4.69, 9.17) is 5.84 Å². The molecular formula is C15H21N3OS. The topological polar surface area (TPSA) is 60.9 Å². The number of aromatic nitrogens is 2. The molecular weight excluding hydrogens is 270 g/mol. The molecule has 20 heavy (non-hydrogen) atoms. The van der Waals surface area contributed by atoms with E-state index in [2.05, 4.69) is 11.9 Å². The van der Waals surface area contributed by atoms with Crippen molar-refractivity contribution in [3.8, 4) is 0 Å². The number of hydrogen-bond acceptors (Lipinski definition) is 4. The number of nitrogens with two attached hydrogens (primary N) is 1. The predicted molar refractivity (Wildman–Crippen MR) is 83.9 cm³/mol. The molecule has 108 valence electrons. The minimum atomic E-state index is -0.0547. The highest BCUT2D eigenvalue weighted by Crippen LogP contribution is 2.33. The number of nitrogen functional groups attached to an aromatic ring is 1. The second-order valence-electron chi connectivity index (χ2n) is 5.55. The maximum atomic E-state index is 12.5. The third-order valence-corrected chi connectivity index (χ3v) is 5.28. The summed E-state index contributed by atoms with van der Waals surface area (Å²) in [4.78, 5) is 19.4. The number of thiophene rings is 1. The van der Waals surface area contributed by atoms with Gasteiger partial charge < -0.3 is 5.84 Å². The first-order valence-corrected chi connectivity index (χ1v) is 8.35. The van der Waals surface area contributed by atoms with Crippen molar-refractivity contribution in [2.24, 2.45) is 0 Å². The van der Waals surface area contributed by atoms with Gasteiger partial charge in [0.2, 0.25) is 0 Å². The van der Waals surface area contributed by atoms with E-state index < -0.39 is 0 Å². The number of unbranched alkanes of at least 4 members (excludes halogenated alkanes) is 2. The van der Waals surface area contributed by atoms with Crippen LogP contribution in [-0.2, 0) is 19.3 Å². The second kappa shape index (κ2) is 5.56. The lowest BCUT2D eigenvalue weighted by atomic mass is 9.97. The van der Waals surface area contributed by atoms with Crippen molar-refractivity contribution in [1.82, 2.24) is 9.66 Å². The van der Waals surface area contributed by atoms with E-state index in [-0.39, 0.29) is 5.56 Å². The zero-order valence-electron chi connectivity index (χ0n) is 11.9. The van der Waals surface area contributed by atoms with Gasteiger partial charge in [-0.25, -0.2) is 9.66 Å². The lowest BCUT2D eigenvalue weighted by molar-refractivity contribution is 0.667. The standard InChI is InChI=1S/C15H21N3OS/c1-2-3-4-9-12-17-14-13(15(19)18(12)16)10-7-5-6-8-11(10)20-14/h2-9,16H2,1H3. The van der Waals surface area contributed by atoms with E-state index in [1.54, 1.807) is 11.3 Å². The van der Waals surface area contributed by atoms with Crippen LogP contribution in [0.3, 0.4) is 0 Å². The molecule has 2 aromatic rings. The van der Waals surface area contributed by atoms with Gasteiger partial charge in [0, 0.05) is 11.3 Å². The van der Waals surface area contributed by atoms with Crippen LogP contribution in [0.1, 0.15) is 55.3 Å². The Kier molecular flexibility index (Phi) is 3.78. The molecule has 3 rings (SSSR count). The first kappa shape index (κ1) is 13.6. The van der Waals surface area contributed by atoms with Crippen LogP contribution in [0.4, 0.5) is 0 Å². The Hall–Kier alpha value is -1.36. The zero-order valence-corrected chi connectivity index (χ0v) is 12.8. The molecule has 0 atom stereocenters. The van der Waals surface area contributed by atoms with Gasteiger partial charge in [0.15, 0.2) is 0 Å². The third kappa shape index (κ3) is 2.24. The van der Waals surface area contributed by atoms with Crippen LogP contribution in [0.25, 0.3) is 10.2 Å². The molecule has 0 spiro atoms. The monoisotopic (exact) mass is 291 g/mol. The summed E-state index contributed by atoms with van der Waals surface area (Å²) in [5.41, 5.74) is 1.16. The molecule has 4 nitrogen and oxygen atoms in total. The van der Waals surface area contributed by atoms with Gasteiger partial charge in [0.1, 0.15) is 10.7 Å². The van der Waals surface area contributed by atoms with E-state index in [0.29, 0.717) is 0 Å². The van der Waals surface area contributed by atoms with Crippen molar-refractivity contribution in [3.63, 3.8) is 0 Å². The van der Waals surface area contributed by atoms with Crippen molar-refractivity contribution >= 4 is 21.6 Å². The number of rotatable bonds is 4. The van der Waals surface area contributed by atoms with Crippen molar-refractivity contribution in [2.45, 2.75) is 58.3 Å². The number of hydrogen-bond donors (Lipinski definition) is 1. The fourth-order valence-corrected chi connectivity index (χ4v) is 4.24. The molecule has 0 bridgehead atoms. The van der Waals surface area contributed by atoms with Gasteiger partial charge in [0.25, 0.3) is 5.56 Å². The molecule has 2 heterocycles. The van der Waals surface area contributed by atoms with E-state index in [0.717, 1.165) is 54.6 Å². The quantitative estimate of drug-likeness (QED) is 0.696. The zero-order chi connectivity index (χ0) is 14.1. The number of aryl methyl sites for hydroxylation is 3. The average Bonchev–Trinajstić information content (AvgIpc) is 2.82. The maximum Gasteiger partial charge on any atom is 0.280 e. The van der Waals surface area contributed by atoms with Crippen LogP contribution in [0, 0.1) is 0 Å². The lowest BCUT2D eigenvalue weighted by Crippen LogP contribution is -2.31. The van der Waals surface area contributed by atoms with E-state index >= 15 is 0 Å². The molecule has 0 aliphatic heterocycles. The molecule has 0 fully saturated rings. The normalized spacial score (nSPS) is 14.7. The highest BCUT2D eigenvalue weighted by Gasteiger charge is 2.21. The largest absolute Gasteiger partial charge is 0.335 e. The second-order valence-corrected chi connectivity index (χ2v) is 6.63. The van der Waals surface area contributed by atoms with Gasteiger partial charge in [-0.3, -0.25) is 4.79 Å². The van der Waals surface area contributed by atoms with Crippen LogP contribution in [0.15, 0.2) is 4.79 Å². The number of nitrogens with zero attached hydrogens (tertiary/aromatic N) is 2. The molecule has 1 aliphatic rings. The fourth-order valence-electron chi connectivity index (χ4n) is 2.97. The Morgan fingerprint density at radius 1 is 1.30 bits per heavy atom. The molecule has 2 N–H and O–H groups in total. The molecule has 0 amide bonds. The van der Waals surface area contributed by atoms with E-state index in [9.17, 15) is 4.79 Å². The van der Waals surface area contributed by atoms with Crippen molar-refractivity contribution in [1.29, 1.82) is 0 Å². The molecule has 0 saturated carbocycles. The third-order valence-electron chi connectivity index (χ3n) is 4.10. The Morgan fingerprint density at radius 2 is 2.10 bits per heavy atom. The molecule has 0 unspecified atom stereocenters. The fraction of sp³-hybridized carbons (Fsp3) is 0.600. The lowest BCUT2D eigenvalue weighted by Gasteiger charge is -2.10. The predicted octanol–water partition coefficient (Wildman–Crippen LogP) is 2.78. The molecule has 0 aromatic carbocycles. The molecule has 0 radical (unpaired) electrons. The van der Waals surface area contributed by atoms with E-state index in [1.807, 2.05) is 0 Å². The first-order valence-electron chi connectivity index (χ1n) is 7.53. The van der Waals surface area contributed by atoms with Crippen molar-refractivity contribution in [2.75, 3.05) is 5.84 Å². The summed E-state index contributed by atoms with van der Waals surface area (Å²) in [5, 5.41) is 0.784. The molecule has 0 saturated heterocycles. The summed E-state index contributed by atoms with van der Waals surface area (Å²) >= 11 is 1.70. The molecule has 5 heteroatoms. The number of fused-ring (bicyclic) bond motifs is 3. The SMILES string of the molecule is CCCCCc1nc2sc3c(c2c(=O)n1N)CCCC3. The Morgan fingerprint density at radius 3 is 2.90 bits per heavy atom. The minimum absolute atomic E-state index is 0.0547. The maximum absolute atomic E-state index is 12.5. The highest BCUT2D eigenvalue weighted by atomic mass is 32.1. The van der Waals surface area contributed by atoms with Gasteiger partial charge in [-0.05, 0) is 37.7 Å². The van der Waals surface area contributed by atoms with Crippen LogP contribution < -0.4 is 11.4 Å². The van der Waals surface area contributed by atoms with Crippen LogP contribution in [0.5, 0.6) is 0 Å². The van der Waals surface area contributed by atoms with Gasteiger partial charge in [0.05, 0.1) is 5.39 Å². The van der Waals surface area contributed by atoms with E-state index in [1.165, 1.54) is 28.0 Å². The molecule has 2 aromatic heterocycles. The summed E-state index contributed by atoms with van der Waals surface area (Å²) in [6, 6.07) is 0. The first-order chi connectivity index (χ1) is 9.72. The summed E-state index contributed by atoms with van der Waals surface area (Å²) in [6.07, 6.45) is 8.61. The van der Waals surface area contributed by atoms with Gasteiger partial charge in [-0.15, -0.1) is 11.3 Å². The van der Waals surface area contributed by atoms with Crippen molar-refractivity contribution in [3.05, 3.63) is 26.6 Å². The Bertz CT molecular complexity index is 686. The van der Waals surface area contributed by atoms with Gasteiger partial charge in [-0.2, -0.15) is 0 Å². The Balaban J connectivity index is 2.08. The van der Waals surface area contributed by atoms with Gasteiger partial charge >= 0.3 is 0 Å². The smallest absolute Gasteiger partial charge is 0.280 e. The summed E-state index contributed by atoms with van der Waals surface area (Å²) in [7, 11) is 0. The van der Waals surface area contributed by atoms with Crippen LogP contribution in [-0.4, -0.2) is 9.66 Å². The molecule has 1 aliphatic carbocycles. The van der Waals surface area contributed by atoms with Gasteiger partial charge in [-0.1, -0.05) is 19.8 Å². The summed E-state index contributed by atoms with van der Waals surface area (Å²) in [6.45, 7) is 2.17. The average molecular weight is 291 g/mol. The summed E-state index contributed by atoms with van der Waals surface area (Å²) < 4.78 is 1.28. The van der Waals surface area contributed by atoms with Crippen molar-refractivity contribution < 1.29 is 0 Å². The highest BCUT2D eigenvalue weighted by molar-refractivity contribution is 7.18. The van der Waals surface area contributed by atoms with Crippen LogP contribution >= 0.6 is 11.3 Å². The summed E-state index contributed by atoms with van der Waals surface area (Å²) in [5.74, 6) is 6.70. The van der Waals surface area contributed by atoms with Crippen LogP contribution in [0.2, 0.25) is 0 Å². The Labute approximate surface area is 122 Å².